The van der Waals surface area contributed by atoms with Gasteiger partial charge in [-0.2, -0.15) is 0 Å². The average Bonchev–Trinajstić information content (AvgIpc) is 2.83. The van der Waals surface area contributed by atoms with Gasteiger partial charge in [0, 0.05) is 12.6 Å². The van der Waals surface area contributed by atoms with E-state index in [-0.39, 0.29) is 28.7 Å². The van der Waals surface area contributed by atoms with Gasteiger partial charge in [-0.3, -0.25) is 4.79 Å². The van der Waals surface area contributed by atoms with Crippen LogP contribution in [0, 0.1) is 29.1 Å². The second-order valence-electron chi connectivity index (χ2n) is 9.04. The van der Waals surface area contributed by atoms with Crippen LogP contribution in [0.4, 0.5) is 0 Å². The zero-order valence-electron chi connectivity index (χ0n) is 14.6. The lowest BCUT2D eigenvalue weighted by atomic mass is 9.48. The zero-order chi connectivity index (χ0) is 16.9. The van der Waals surface area contributed by atoms with Crippen LogP contribution < -0.4 is 5.32 Å². The molecule has 1 heterocycles. The quantitative estimate of drug-likeness (QED) is 0.792. The molecule has 1 atom stereocenters. The molecule has 4 nitrogen and oxygen atoms in total. The first-order valence-corrected chi connectivity index (χ1v) is 11.3. The van der Waals surface area contributed by atoms with Gasteiger partial charge in [0.1, 0.15) is 0 Å². The number of rotatable bonds is 4. The standard InChI is InChI=1S/C19H29NO3S/c1-13(4-18(21)20-11-14-2-3-24(22,23)12-14)19-8-15-5-16(9-19)7-17(6-15)10-19/h4,14-17H,2-3,5-12H2,1H3,(H,20,21)/b13-4+. The van der Waals surface area contributed by atoms with Crippen LogP contribution in [-0.2, 0) is 14.6 Å². The molecule has 5 fully saturated rings. The maximum atomic E-state index is 12.3. The van der Waals surface area contributed by atoms with Crippen LogP contribution in [-0.4, -0.2) is 32.4 Å². The first-order chi connectivity index (χ1) is 11.3. The van der Waals surface area contributed by atoms with Crippen molar-refractivity contribution >= 4 is 15.7 Å². The highest BCUT2D eigenvalue weighted by atomic mass is 32.2. The number of carbonyl (C=O) groups is 1. The summed E-state index contributed by atoms with van der Waals surface area (Å²) in [6, 6.07) is 0. The zero-order valence-corrected chi connectivity index (χ0v) is 15.4. The molecule has 4 bridgehead atoms. The van der Waals surface area contributed by atoms with E-state index in [4.69, 9.17) is 0 Å². The Bertz CT molecular complexity index is 629. The second-order valence-corrected chi connectivity index (χ2v) is 11.3. The van der Waals surface area contributed by atoms with E-state index in [0.717, 1.165) is 17.8 Å². The third kappa shape index (κ3) is 3.16. The maximum absolute atomic E-state index is 12.3. The molecular weight excluding hydrogens is 322 g/mol. The van der Waals surface area contributed by atoms with Crippen molar-refractivity contribution in [2.24, 2.45) is 29.1 Å². The maximum Gasteiger partial charge on any atom is 0.243 e. The number of hydrogen-bond acceptors (Lipinski definition) is 3. The normalized spacial score (nSPS) is 43.1. The van der Waals surface area contributed by atoms with E-state index in [2.05, 4.69) is 12.2 Å². The number of hydrogen-bond donors (Lipinski definition) is 1. The molecule has 1 unspecified atom stereocenters. The Hall–Kier alpha value is -0.840. The van der Waals surface area contributed by atoms with E-state index in [0.29, 0.717) is 13.0 Å². The summed E-state index contributed by atoms with van der Waals surface area (Å²) in [7, 11) is -2.86. The molecule has 5 heteroatoms. The largest absolute Gasteiger partial charge is 0.352 e. The summed E-state index contributed by atoms with van der Waals surface area (Å²) in [6.45, 7) is 2.63. The van der Waals surface area contributed by atoms with E-state index in [1.54, 1.807) is 0 Å². The van der Waals surface area contributed by atoms with E-state index in [1.807, 2.05) is 6.08 Å². The molecule has 0 spiro atoms. The summed E-state index contributed by atoms with van der Waals surface area (Å²) in [5.41, 5.74) is 1.54. The molecule has 5 rings (SSSR count). The summed E-state index contributed by atoms with van der Waals surface area (Å²) in [4.78, 5) is 12.3. The molecule has 1 aliphatic heterocycles. The van der Waals surface area contributed by atoms with Crippen LogP contribution in [0.1, 0.15) is 51.9 Å². The van der Waals surface area contributed by atoms with E-state index >= 15 is 0 Å². The third-order valence-corrected chi connectivity index (χ3v) is 8.95. The van der Waals surface area contributed by atoms with Crippen LogP contribution in [0.25, 0.3) is 0 Å². The van der Waals surface area contributed by atoms with Crippen molar-refractivity contribution < 1.29 is 13.2 Å². The van der Waals surface area contributed by atoms with Gasteiger partial charge in [0.25, 0.3) is 0 Å². The van der Waals surface area contributed by atoms with Crippen molar-refractivity contribution in [1.82, 2.24) is 5.32 Å². The lowest BCUT2D eigenvalue weighted by Gasteiger charge is -2.57. The Morgan fingerprint density at radius 2 is 1.71 bits per heavy atom. The number of carbonyl (C=O) groups excluding carboxylic acids is 1. The van der Waals surface area contributed by atoms with Crippen LogP contribution in [0.2, 0.25) is 0 Å². The first kappa shape index (κ1) is 16.6. The summed E-state index contributed by atoms with van der Waals surface area (Å²) < 4.78 is 23.0. The smallest absolute Gasteiger partial charge is 0.243 e. The van der Waals surface area contributed by atoms with Crippen molar-refractivity contribution in [3.8, 4) is 0 Å². The van der Waals surface area contributed by atoms with Gasteiger partial charge in [0.2, 0.25) is 5.91 Å². The third-order valence-electron chi connectivity index (χ3n) is 7.11. The van der Waals surface area contributed by atoms with E-state index < -0.39 is 9.84 Å². The SMILES string of the molecule is C/C(=C\C(=O)NCC1CCS(=O)(=O)C1)C12CC3CC(CC(C3)C1)C2. The molecule has 5 aliphatic rings. The predicted molar refractivity (Wildman–Crippen MR) is 94.1 cm³/mol. The Labute approximate surface area is 145 Å². The fraction of sp³-hybridized carbons (Fsp3) is 0.842. The van der Waals surface area contributed by atoms with Gasteiger partial charge in [-0.05, 0) is 81.0 Å². The van der Waals surface area contributed by atoms with Gasteiger partial charge < -0.3 is 5.32 Å². The van der Waals surface area contributed by atoms with Crippen LogP contribution in [0.3, 0.4) is 0 Å². The lowest BCUT2D eigenvalue weighted by Crippen LogP contribution is -2.46. The molecule has 0 aromatic carbocycles. The van der Waals surface area contributed by atoms with Gasteiger partial charge >= 0.3 is 0 Å². The molecule has 24 heavy (non-hydrogen) atoms. The summed E-state index contributed by atoms with van der Waals surface area (Å²) in [5, 5.41) is 2.95. The highest BCUT2D eigenvalue weighted by Gasteiger charge is 2.51. The van der Waals surface area contributed by atoms with E-state index in [9.17, 15) is 13.2 Å². The van der Waals surface area contributed by atoms with Crippen molar-refractivity contribution in [3.05, 3.63) is 11.6 Å². The fourth-order valence-electron chi connectivity index (χ4n) is 6.27. The molecule has 4 aliphatic carbocycles. The van der Waals surface area contributed by atoms with Crippen LogP contribution >= 0.6 is 0 Å². The van der Waals surface area contributed by atoms with Gasteiger partial charge in [-0.25, -0.2) is 8.42 Å². The Morgan fingerprint density at radius 3 is 2.21 bits per heavy atom. The number of nitrogens with one attached hydrogen (secondary N) is 1. The van der Waals surface area contributed by atoms with Gasteiger partial charge in [0.05, 0.1) is 11.5 Å². The number of amides is 1. The monoisotopic (exact) mass is 351 g/mol. The summed E-state index contributed by atoms with van der Waals surface area (Å²) in [6.07, 6.45) is 10.6. The van der Waals surface area contributed by atoms with E-state index in [1.165, 1.54) is 44.1 Å². The second kappa shape index (κ2) is 5.86. The molecule has 4 saturated carbocycles. The molecule has 1 saturated heterocycles. The molecule has 0 aromatic heterocycles. The summed E-state index contributed by atoms with van der Waals surface area (Å²) in [5.74, 6) is 3.20. The van der Waals surface area contributed by atoms with Crippen molar-refractivity contribution in [2.45, 2.75) is 51.9 Å². The lowest BCUT2D eigenvalue weighted by molar-refractivity contribution is -0.116. The predicted octanol–water partition coefficient (Wildman–Crippen LogP) is 2.70. The first-order valence-electron chi connectivity index (χ1n) is 9.51. The molecule has 0 radical (unpaired) electrons. The van der Waals surface area contributed by atoms with Crippen LogP contribution in [0.5, 0.6) is 0 Å². The van der Waals surface area contributed by atoms with Gasteiger partial charge in [0.15, 0.2) is 9.84 Å². The Balaban J connectivity index is 1.37. The average molecular weight is 352 g/mol. The highest BCUT2D eigenvalue weighted by Crippen LogP contribution is 2.62. The number of allylic oxidation sites excluding steroid dienone is 1. The van der Waals surface area contributed by atoms with Gasteiger partial charge in [-0.1, -0.05) is 5.57 Å². The Kier molecular flexibility index (Phi) is 4.06. The molecular formula is C19H29NO3S. The minimum absolute atomic E-state index is 0.0347. The van der Waals surface area contributed by atoms with Gasteiger partial charge in [-0.15, -0.1) is 0 Å². The highest BCUT2D eigenvalue weighted by molar-refractivity contribution is 7.91. The summed E-state index contributed by atoms with van der Waals surface area (Å²) >= 11 is 0. The number of sulfone groups is 1. The van der Waals surface area contributed by atoms with Crippen molar-refractivity contribution in [2.75, 3.05) is 18.1 Å². The minimum atomic E-state index is -2.86. The van der Waals surface area contributed by atoms with Crippen molar-refractivity contribution in [3.63, 3.8) is 0 Å². The topological polar surface area (TPSA) is 63.2 Å². The van der Waals surface area contributed by atoms with Crippen molar-refractivity contribution in [1.29, 1.82) is 0 Å². The minimum Gasteiger partial charge on any atom is -0.352 e. The molecule has 1 N–H and O–H groups in total. The molecule has 1 amide bonds. The molecule has 134 valence electrons. The van der Waals surface area contributed by atoms with Crippen LogP contribution in [0.15, 0.2) is 11.6 Å². The fourth-order valence-corrected chi connectivity index (χ4v) is 8.13. The molecule has 0 aromatic rings. The Morgan fingerprint density at radius 1 is 1.12 bits per heavy atom.